The molecule has 1 unspecified atom stereocenters. The number of hydrogen-bond donors (Lipinski definition) is 2. The summed E-state index contributed by atoms with van der Waals surface area (Å²) in [5.41, 5.74) is 0.189. The molecule has 1 fully saturated rings. The molecule has 0 spiro atoms. The maximum absolute atomic E-state index is 5.77. The van der Waals surface area contributed by atoms with Crippen molar-refractivity contribution in [1.29, 1.82) is 0 Å². The van der Waals surface area contributed by atoms with Crippen LogP contribution in [0.25, 0.3) is 0 Å². The van der Waals surface area contributed by atoms with Crippen LogP contribution in [-0.4, -0.2) is 37.8 Å². The van der Waals surface area contributed by atoms with Gasteiger partial charge in [-0.2, -0.15) is 0 Å². The number of aliphatic imine (C=N–C) groups is 1. The first-order valence-electron chi connectivity index (χ1n) is 7.01. The molecule has 0 aromatic heterocycles. The number of rotatable bonds is 4. The maximum atomic E-state index is 5.77. The van der Waals surface area contributed by atoms with E-state index in [1.807, 2.05) is 0 Å². The van der Waals surface area contributed by atoms with Crippen LogP contribution in [0.5, 0.6) is 0 Å². The monoisotopic (exact) mass is 383 g/mol. The lowest BCUT2D eigenvalue weighted by Gasteiger charge is -2.25. The van der Waals surface area contributed by atoms with Crippen molar-refractivity contribution in [2.24, 2.45) is 10.4 Å². The first-order chi connectivity index (χ1) is 8.35. The zero-order chi connectivity index (χ0) is 13.6. The molecular formula is C14H30IN3O. The molecule has 1 atom stereocenters. The van der Waals surface area contributed by atoms with Crippen LogP contribution in [0.4, 0.5) is 0 Å². The van der Waals surface area contributed by atoms with E-state index >= 15 is 0 Å². The second-order valence-electron chi connectivity index (χ2n) is 6.51. The van der Waals surface area contributed by atoms with E-state index in [1.54, 1.807) is 0 Å². The highest BCUT2D eigenvalue weighted by Gasteiger charge is 2.29. The molecule has 2 N–H and O–H groups in total. The summed E-state index contributed by atoms with van der Waals surface area (Å²) in [5.74, 6) is 0.893. The van der Waals surface area contributed by atoms with Crippen LogP contribution in [0, 0.1) is 5.41 Å². The quantitative estimate of drug-likeness (QED) is 0.446. The molecule has 114 valence electrons. The fourth-order valence-electron chi connectivity index (χ4n) is 1.90. The van der Waals surface area contributed by atoms with Crippen LogP contribution in [0.2, 0.25) is 0 Å². The minimum atomic E-state index is -0.0298. The van der Waals surface area contributed by atoms with E-state index in [9.17, 15) is 0 Å². The Kier molecular flexibility index (Phi) is 8.27. The number of nitrogens with one attached hydrogen (secondary N) is 2. The normalized spacial score (nSPS) is 23.9. The molecule has 0 saturated carbocycles. The maximum Gasteiger partial charge on any atom is 0.191 e. The van der Waals surface area contributed by atoms with Crippen LogP contribution in [0.15, 0.2) is 4.99 Å². The van der Waals surface area contributed by atoms with E-state index in [4.69, 9.17) is 4.74 Å². The van der Waals surface area contributed by atoms with Gasteiger partial charge < -0.3 is 15.4 Å². The number of guanidine groups is 1. The zero-order valence-corrected chi connectivity index (χ0v) is 15.3. The highest BCUT2D eigenvalue weighted by atomic mass is 127. The lowest BCUT2D eigenvalue weighted by Crippen LogP contribution is -2.45. The van der Waals surface area contributed by atoms with Crippen molar-refractivity contribution in [2.75, 3.05) is 26.2 Å². The van der Waals surface area contributed by atoms with Crippen molar-refractivity contribution in [2.45, 2.75) is 53.1 Å². The summed E-state index contributed by atoms with van der Waals surface area (Å²) < 4.78 is 5.77. The summed E-state index contributed by atoms with van der Waals surface area (Å²) in [6.45, 7) is 14.2. The summed E-state index contributed by atoms with van der Waals surface area (Å²) in [6.07, 6.45) is 2.28. The van der Waals surface area contributed by atoms with Crippen LogP contribution >= 0.6 is 24.0 Å². The molecule has 1 aliphatic rings. The smallest absolute Gasteiger partial charge is 0.191 e. The van der Waals surface area contributed by atoms with Gasteiger partial charge in [-0.3, -0.25) is 4.99 Å². The molecular weight excluding hydrogens is 353 g/mol. The number of halogens is 1. The molecule has 0 amide bonds. The van der Waals surface area contributed by atoms with Gasteiger partial charge in [-0.05, 0) is 32.1 Å². The van der Waals surface area contributed by atoms with Gasteiger partial charge in [0, 0.05) is 26.2 Å². The summed E-state index contributed by atoms with van der Waals surface area (Å²) in [5, 5.41) is 6.67. The van der Waals surface area contributed by atoms with Crippen LogP contribution in [-0.2, 0) is 4.74 Å². The molecule has 0 radical (unpaired) electrons. The topological polar surface area (TPSA) is 45.7 Å². The van der Waals surface area contributed by atoms with Crippen molar-refractivity contribution in [1.82, 2.24) is 10.6 Å². The zero-order valence-electron chi connectivity index (χ0n) is 13.0. The van der Waals surface area contributed by atoms with E-state index in [2.05, 4.69) is 50.2 Å². The number of hydrogen-bond acceptors (Lipinski definition) is 2. The van der Waals surface area contributed by atoms with Gasteiger partial charge in [-0.15, -0.1) is 24.0 Å². The molecule has 0 aromatic carbocycles. The fraction of sp³-hybridized carbons (Fsp3) is 0.929. The van der Waals surface area contributed by atoms with Crippen molar-refractivity contribution in [3.05, 3.63) is 0 Å². The Balaban J connectivity index is 0.00000324. The van der Waals surface area contributed by atoms with Gasteiger partial charge in [0.2, 0.25) is 0 Å². The largest absolute Gasteiger partial charge is 0.373 e. The van der Waals surface area contributed by atoms with Gasteiger partial charge in [-0.1, -0.05) is 20.8 Å². The predicted octanol–water partition coefficient (Wildman–Crippen LogP) is 2.77. The minimum absolute atomic E-state index is 0. The molecule has 1 aliphatic heterocycles. The molecule has 0 aromatic rings. The number of nitrogens with zero attached hydrogens (tertiary/aromatic N) is 1. The van der Waals surface area contributed by atoms with Crippen molar-refractivity contribution in [3.63, 3.8) is 0 Å². The van der Waals surface area contributed by atoms with Gasteiger partial charge in [0.1, 0.15) is 0 Å². The van der Waals surface area contributed by atoms with E-state index in [-0.39, 0.29) is 35.0 Å². The minimum Gasteiger partial charge on any atom is -0.373 e. The van der Waals surface area contributed by atoms with Gasteiger partial charge in [0.15, 0.2) is 5.96 Å². The average Bonchev–Trinajstić information content (AvgIpc) is 2.69. The third-order valence-corrected chi connectivity index (χ3v) is 2.99. The van der Waals surface area contributed by atoms with E-state index < -0.39 is 0 Å². The molecule has 1 heterocycles. The SMILES string of the molecule is CCNC(=NCC(C)(C)C)NCC1(C)CCCO1.I. The Labute approximate surface area is 135 Å². The molecule has 1 rings (SSSR count). The second kappa shape index (κ2) is 8.29. The first-order valence-corrected chi connectivity index (χ1v) is 7.01. The summed E-state index contributed by atoms with van der Waals surface area (Å²) >= 11 is 0. The lowest BCUT2D eigenvalue weighted by molar-refractivity contribution is 0.0242. The Hall–Kier alpha value is -0.0400. The third-order valence-electron chi connectivity index (χ3n) is 2.99. The standard InChI is InChI=1S/C14H29N3O.HI/c1-6-15-12(16-10-13(2,3)4)17-11-14(5)8-7-9-18-14;/h6-11H2,1-5H3,(H2,15,16,17);1H. The lowest BCUT2D eigenvalue weighted by atomic mass is 9.97. The third kappa shape index (κ3) is 7.97. The Morgan fingerprint density at radius 2 is 2.00 bits per heavy atom. The van der Waals surface area contributed by atoms with Crippen LogP contribution in [0.1, 0.15) is 47.5 Å². The molecule has 0 bridgehead atoms. The number of ether oxygens (including phenoxy) is 1. The summed E-state index contributed by atoms with van der Waals surface area (Å²) in [6, 6.07) is 0. The molecule has 5 heteroatoms. The molecule has 4 nitrogen and oxygen atoms in total. The van der Waals surface area contributed by atoms with Gasteiger partial charge in [0.05, 0.1) is 5.60 Å². The van der Waals surface area contributed by atoms with Crippen LogP contribution < -0.4 is 10.6 Å². The Morgan fingerprint density at radius 1 is 1.32 bits per heavy atom. The Morgan fingerprint density at radius 3 is 2.47 bits per heavy atom. The molecule has 1 saturated heterocycles. The summed E-state index contributed by atoms with van der Waals surface area (Å²) in [4.78, 5) is 4.62. The highest BCUT2D eigenvalue weighted by Crippen LogP contribution is 2.23. The van der Waals surface area contributed by atoms with Crippen molar-refractivity contribution < 1.29 is 4.74 Å². The van der Waals surface area contributed by atoms with Gasteiger partial charge in [-0.25, -0.2) is 0 Å². The second-order valence-corrected chi connectivity index (χ2v) is 6.51. The van der Waals surface area contributed by atoms with Gasteiger partial charge >= 0.3 is 0 Å². The van der Waals surface area contributed by atoms with E-state index in [0.29, 0.717) is 0 Å². The first kappa shape index (κ1) is 19.0. The van der Waals surface area contributed by atoms with Crippen molar-refractivity contribution in [3.8, 4) is 0 Å². The van der Waals surface area contributed by atoms with E-state index in [0.717, 1.165) is 45.0 Å². The highest BCUT2D eigenvalue weighted by molar-refractivity contribution is 14.0. The fourth-order valence-corrected chi connectivity index (χ4v) is 1.90. The average molecular weight is 383 g/mol. The van der Waals surface area contributed by atoms with Gasteiger partial charge in [0.25, 0.3) is 0 Å². The Bertz CT molecular complexity index is 281. The predicted molar refractivity (Wildman–Crippen MR) is 92.4 cm³/mol. The van der Waals surface area contributed by atoms with E-state index in [1.165, 1.54) is 0 Å². The van der Waals surface area contributed by atoms with Crippen LogP contribution in [0.3, 0.4) is 0 Å². The van der Waals surface area contributed by atoms with Crippen molar-refractivity contribution >= 4 is 29.9 Å². The summed E-state index contributed by atoms with van der Waals surface area (Å²) in [7, 11) is 0. The molecule has 0 aliphatic carbocycles. The molecule has 19 heavy (non-hydrogen) atoms.